The maximum Gasteiger partial charge on any atom is 0.256 e. The number of nitrogens with one attached hydrogen (secondary N) is 2. The number of amides is 1. The van der Waals surface area contributed by atoms with Crippen LogP contribution in [0.15, 0.2) is 22.9 Å². The lowest BCUT2D eigenvalue weighted by molar-refractivity contribution is -0.118. The first-order chi connectivity index (χ1) is 18.6. The first kappa shape index (κ1) is 28.9. The third kappa shape index (κ3) is 5.49. The van der Waals surface area contributed by atoms with E-state index < -0.39 is 5.82 Å². The van der Waals surface area contributed by atoms with E-state index >= 15 is 4.39 Å². The van der Waals surface area contributed by atoms with E-state index in [1.165, 1.54) is 0 Å². The van der Waals surface area contributed by atoms with Crippen LogP contribution in [-0.4, -0.2) is 33.2 Å². The van der Waals surface area contributed by atoms with E-state index in [1.54, 1.807) is 6.20 Å². The van der Waals surface area contributed by atoms with Gasteiger partial charge in [0.15, 0.2) is 17.4 Å². The summed E-state index contributed by atoms with van der Waals surface area (Å²) in [6.45, 7) is 12.7. The molecule has 208 valence electrons. The number of anilines is 2. The van der Waals surface area contributed by atoms with Crippen molar-refractivity contribution in [2.45, 2.75) is 80.1 Å². The smallest absolute Gasteiger partial charge is 0.256 e. The predicted molar refractivity (Wildman–Crippen MR) is 153 cm³/mol. The van der Waals surface area contributed by atoms with Crippen molar-refractivity contribution in [2.75, 3.05) is 11.9 Å². The maximum atomic E-state index is 16.4. The molecule has 1 aliphatic carbocycles. The summed E-state index contributed by atoms with van der Waals surface area (Å²) in [7, 11) is 0. The van der Waals surface area contributed by atoms with Gasteiger partial charge in [-0.05, 0) is 73.3 Å². The van der Waals surface area contributed by atoms with E-state index in [2.05, 4.69) is 39.4 Å². The second-order valence-electron chi connectivity index (χ2n) is 10.5. The summed E-state index contributed by atoms with van der Waals surface area (Å²) in [5.74, 6) is -0.562. The monoisotopic (exact) mass is 553 g/mol. The van der Waals surface area contributed by atoms with Crippen LogP contribution in [0, 0.1) is 17.7 Å². The number of halogens is 2. The molecule has 0 aromatic carbocycles. The van der Waals surface area contributed by atoms with Crippen molar-refractivity contribution in [3.8, 4) is 0 Å². The highest BCUT2D eigenvalue weighted by Crippen LogP contribution is 2.42. The standard InChI is InChI=1S/C30H37ClFN5O2/c1-7-15(4)17(6)22(26(38)16(5)8-2)20-11-10-18-14-34-28(25(32)23(18)19(20)9-3)36-27-24-21(35-30(31)37-27)12-13-33-29(24)39/h14-16H,7-13H2,1-6H3,(H,33,39)(H,34,35,36,37)/b22-17-. The molecule has 2 N–H and O–H groups in total. The molecule has 1 amide bonds. The van der Waals surface area contributed by atoms with Crippen molar-refractivity contribution in [2.24, 2.45) is 11.8 Å². The number of carbonyl (C=O) groups is 2. The summed E-state index contributed by atoms with van der Waals surface area (Å²) in [6, 6.07) is 0. The quantitative estimate of drug-likeness (QED) is 0.262. The Bertz CT molecular complexity index is 1380. The van der Waals surface area contributed by atoms with E-state index in [0.717, 1.165) is 40.7 Å². The van der Waals surface area contributed by atoms with Gasteiger partial charge >= 0.3 is 0 Å². The van der Waals surface area contributed by atoms with Gasteiger partial charge < -0.3 is 10.6 Å². The average Bonchev–Trinajstić information content (AvgIpc) is 2.93. The zero-order chi connectivity index (χ0) is 28.4. The number of carbonyl (C=O) groups excluding carboxylic acids is 2. The van der Waals surface area contributed by atoms with Gasteiger partial charge in [-0.3, -0.25) is 9.59 Å². The fourth-order valence-electron chi connectivity index (χ4n) is 5.40. The van der Waals surface area contributed by atoms with Crippen LogP contribution in [0.25, 0.3) is 5.57 Å². The van der Waals surface area contributed by atoms with Crippen molar-refractivity contribution >= 4 is 40.5 Å². The van der Waals surface area contributed by atoms with Gasteiger partial charge in [-0.1, -0.05) is 40.2 Å². The molecule has 3 heterocycles. The van der Waals surface area contributed by atoms with E-state index in [1.807, 2.05) is 27.7 Å². The molecule has 0 radical (unpaired) electrons. The number of Topliss-reactive ketones (excluding diaryl/α,β-unsaturated/α-hetero) is 1. The van der Waals surface area contributed by atoms with E-state index in [-0.39, 0.29) is 46.0 Å². The number of aromatic nitrogens is 3. The minimum absolute atomic E-state index is 0.0281. The number of allylic oxidation sites excluding steroid dienone is 4. The Morgan fingerprint density at radius 1 is 1.08 bits per heavy atom. The molecule has 0 bridgehead atoms. The Balaban J connectivity index is 1.87. The highest BCUT2D eigenvalue weighted by atomic mass is 35.5. The van der Waals surface area contributed by atoms with Crippen LogP contribution in [0.3, 0.4) is 0 Å². The molecule has 39 heavy (non-hydrogen) atoms. The minimum Gasteiger partial charge on any atom is -0.351 e. The van der Waals surface area contributed by atoms with E-state index in [9.17, 15) is 9.59 Å². The highest BCUT2D eigenvalue weighted by molar-refractivity contribution is 6.28. The van der Waals surface area contributed by atoms with Gasteiger partial charge in [0.05, 0.1) is 5.69 Å². The number of hydrogen-bond acceptors (Lipinski definition) is 6. The Kier molecular flexibility index (Phi) is 8.84. The number of ketones is 1. The molecular weight excluding hydrogens is 517 g/mol. The lowest BCUT2D eigenvalue weighted by Gasteiger charge is -2.28. The van der Waals surface area contributed by atoms with Crippen molar-refractivity contribution in [3.63, 3.8) is 0 Å². The molecule has 2 aliphatic rings. The molecule has 0 spiro atoms. The summed E-state index contributed by atoms with van der Waals surface area (Å²) >= 11 is 6.13. The van der Waals surface area contributed by atoms with Gasteiger partial charge in [0.25, 0.3) is 5.91 Å². The molecule has 2 aromatic heterocycles. The zero-order valence-corrected chi connectivity index (χ0v) is 24.4. The summed E-state index contributed by atoms with van der Waals surface area (Å²) < 4.78 is 16.4. The third-order valence-corrected chi connectivity index (χ3v) is 8.35. The molecule has 0 saturated heterocycles. The van der Waals surface area contributed by atoms with Crippen LogP contribution < -0.4 is 10.6 Å². The molecule has 4 rings (SSSR count). The number of aryl methyl sites for hydroxylation is 1. The average molecular weight is 554 g/mol. The summed E-state index contributed by atoms with van der Waals surface area (Å²) in [6.07, 6.45) is 5.63. The van der Waals surface area contributed by atoms with Crippen molar-refractivity contribution in [3.05, 3.63) is 56.4 Å². The fourth-order valence-corrected chi connectivity index (χ4v) is 5.59. The number of rotatable bonds is 9. The Morgan fingerprint density at radius 3 is 2.46 bits per heavy atom. The van der Waals surface area contributed by atoms with Gasteiger partial charge in [0, 0.05) is 36.2 Å². The van der Waals surface area contributed by atoms with Crippen molar-refractivity contribution in [1.29, 1.82) is 0 Å². The molecule has 2 unspecified atom stereocenters. The molecule has 2 atom stereocenters. The molecule has 2 aromatic rings. The Morgan fingerprint density at radius 2 is 1.79 bits per heavy atom. The van der Waals surface area contributed by atoms with Crippen LogP contribution in [0.1, 0.15) is 94.4 Å². The number of nitrogens with zero attached hydrogens (tertiary/aromatic N) is 3. The Hall–Kier alpha value is -3.13. The van der Waals surface area contributed by atoms with Crippen molar-refractivity contribution in [1.82, 2.24) is 20.3 Å². The lowest BCUT2D eigenvalue weighted by atomic mass is 9.76. The zero-order valence-electron chi connectivity index (χ0n) is 23.6. The molecule has 9 heteroatoms. The molecular formula is C30H37ClFN5O2. The first-order valence-corrected chi connectivity index (χ1v) is 14.3. The van der Waals surface area contributed by atoms with Crippen LogP contribution >= 0.6 is 11.6 Å². The van der Waals surface area contributed by atoms with Gasteiger partial charge in [0.1, 0.15) is 11.4 Å². The first-order valence-electron chi connectivity index (χ1n) is 13.9. The van der Waals surface area contributed by atoms with Gasteiger partial charge in [-0.15, -0.1) is 0 Å². The molecule has 0 fully saturated rings. The van der Waals surface area contributed by atoms with E-state index in [4.69, 9.17) is 11.6 Å². The second kappa shape index (κ2) is 11.9. The summed E-state index contributed by atoms with van der Waals surface area (Å²) in [5, 5.41) is 5.67. The van der Waals surface area contributed by atoms with Crippen LogP contribution in [-0.2, 0) is 17.6 Å². The van der Waals surface area contributed by atoms with Crippen LogP contribution in [0.5, 0.6) is 0 Å². The van der Waals surface area contributed by atoms with E-state index in [0.29, 0.717) is 43.5 Å². The predicted octanol–water partition coefficient (Wildman–Crippen LogP) is 6.78. The molecule has 1 aliphatic heterocycles. The number of fused-ring (bicyclic) bond motifs is 2. The van der Waals surface area contributed by atoms with Crippen molar-refractivity contribution < 1.29 is 14.0 Å². The largest absolute Gasteiger partial charge is 0.351 e. The second-order valence-corrected chi connectivity index (χ2v) is 10.8. The van der Waals surface area contributed by atoms with Crippen LogP contribution in [0.2, 0.25) is 5.28 Å². The summed E-state index contributed by atoms with van der Waals surface area (Å²) in [4.78, 5) is 39.0. The lowest BCUT2D eigenvalue weighted by Crippen LogP contribution is -2.33. The molecule has 7 nitrogen and oxygen atoms in total. The maximum absolute atomic E-state index is 16.4. The SMILES string of the molecule is CCC1=C(/C(C(=O)C(C)CC)=C(\C)C(C)CC)CCc2cnc(Nc3nc(Cl)nc4c3C(=O)NCC4)c(F)c21. The van der Waals surface area contributed by atoms with Gasteiger partial charge in [-0.2, -0.15) is 4.98 Å². The third-order valence-electron chi connectivity index (χ3n) is 8.18. The molecule has 0 saturated carbocycles. The Labute approximate surface area is 234 Å². The van der Waals surface area contributed by atoms with Gasteiger partial charge in [-0.25, -0.2) is 14.4 Å². The topological polar surface area (TPSA) is 96.9 Å². The minimum atomic E-state index is -0.530. The van der Waals surface area contributed by atoms with Gasteiger partial charge in [0.2, 0.25) is 5.28 Å². The van der Waals surface area contributed by atoms with Crippen LogP contribution in [0.4, 0.5) is 16.0 Å². The summed E-state index contributed by atoms with van der Waals surface area (Å²) in [5.41, 5.74) is 5.62. The highest BCUT2D eigenvalue weighted by Gasteiger charge is 2.32. The fraction of sp³-hybridized carbons (Fsp3) is 0.500. The number of pyridine rings is 1. The normalized spacial score (nSPS) is 17.1. The number of hydrogen-bond donors (Lipinski definition) is 2.